The normalized spacial score (nSPS) is 0. The first-order chi connectivity index (χ1) is 0. The Kier molecular flexibility index (Phi) is 441. The predicted octanol–water partition coefficient (Wildman–Crippen LogP) is -3.83. The Balaban J connectivity index is 0. The van der Waals surface area contributed by atoms with Gasteiger partial charge in [0.05, 0.1) is 8.41 Å². The molecule has 0 aromatic rings. The average molecular weight is 541 g/mol. The van der Waals surface area contributed by atoms with E-state index in [4.69, 9.17) is 0 Å². The van der Waals surface area contributed by atoms with Crippen molar-refractivity contribution < 1.29 is 107 Å². The first kappa shape index (κ1) is 64.4. The van der Waals surface area contributed by atoms with Crippen LogP contribution in [0.4, 0.5) is 0 Å². The maximum atomic E-state index is 0. The zero-order valence-electron chi connectivity index (χ0n) is 1.86. The number of hydrogen-bond donors (Lipinski definition) is 0. The van der Waals surface area contributed by atoms with Gasteiger partial charge in [-0.1, -0.05) is 0 Å². The Bertz CT molecular complexity index is 19.7. The van der Waals surface area contributed by atoms with Crippen molar-refractivity contribution in [2.24, 2.45) is 0 Å². The van der Waals surface area contributed by atoms with Crippen LogP contribution in [0.5, 0.6) is 0 Å². The van der Waals surface area contributed by atoms with Crippen molar-refractivity contribution in [2.75, 3.05) is 0 Å². The van der Waals surface area contributed by atoms with Gasteiger partial charge in [-0.3, -0.25) is 0 Å². The Morgan fingerprint density at radius 2 is 1.00 bits per heavy atom. The third-order valence-electron chi connectivity index (χ3n) is 0. The largest absolute Gasteiger partial charge is 0.187 e. The molecule has 0 fully saturated rings. The Labute approximate surface area is 140 Å². The fourth-order valence-electron chi connectivity index (χ4n) is 0. The van der Waals surface area contributed by atoms with Crippen molar-refractivity contribution in [1.29, 1.82) is 0 Å². The fourth-order valence-corrected chi connectivity index (χ4v) is 0. The number of rotatable bonds is 0. The van der Waals surface area contributed by atoms with Gasteiger partial charge >= 0.3 is 0 Å². The van der Waals surface area contributed by atoms with Crippen LogP contribution in [0.25, 0.3) is 0 Å². The van der Waals surface area contributed by atoms with Crippen LogP contribution in [0.2, 0.25) is 0 Å². The van der Waals surface area contributed by atoms with Gasteiger partial charge in [-0.25, -0.2) is 0 Å². The van der Waals surface area contributed by atoms with E-state index >= 15 is 0 Å². The van der Waals surface area contributed by atoms with Crippen molar-refractivity contribution >= 4 is 36.7 Å². The van der Waals surface area contributed by atoms with E-state index < -0.39 is 0 Å². The average Bonchev–Trinajstić information content (AvgIpc) is 0. The molecule has 0 nitrogen and oxygen atoms in total. The third-order valence-corrected chi connectivity index (χ3v) is 0. The van der Waals surface area contributed by atoms with Crippen molar-refractivity contribution in [3.63, 3.8) is 0 Å². The second-order valence-corrected chi connectivity index (χ2v) is 0. The fraction of sp³-hybridized carbons (Fsp3) is 0. The maximum absolute atomic E-state index is 0. The molecule has 0 aliphatic carbocycles. The molecule has 0 aromatic carbocycles. The molecule has 0 saturated carbocycles. The van der Waals surface area contributed by atoms with E-state index in [1.807, 2.05) is 0 Å². The van der Waals surface area contributed by atoms with E-state index in [2.05, 4.69) is 0 Å². The molecule has 0 saturated heterocycles. The monoisotopic (exact) mass is 541 g/mol. The molecule has 0 amide bonds. The molecule has 1 radical (unpaired) electrons. The Morgan fingerprint density at radius 1 is 1.00 bits per heavy atom. The summed E-state index contributed by atoms with van der Waals surface area (Å²) in [4.78, 5) is 0. The van der Waals surface area contributed by atoms with Crippen molar-refractivity contribution in [3.8, 4) is 0 Å². The van der Waals surface area contributed by atoms with Crippen molar-refractivity contribution in [1.82, 2.24) is 0 Å². The van der Waals surface area contributed by atoms with Gasteiger partial charge in [-0.05, 0) is 11.0 Å². The second-order valence-electron chi connectivity index (χ2n) is 0. The van der Waals surface area contributed by atoms with Crippen molar-refractivity contribution in [2.45, 2.75) is 0 Å². The van der Waals surface area contributed by atoms with Gasteiger partial charge in [0.25, 0.3) is 0 Å². The maximum Gasteiger partial charge on any atom is 0.187 e. The van der Waals surface area contributed by atoms with Gasteiger partial charge in [0.2, 0.25) is 0 Å². The molecule has 0 bridgehead atoms. The van der Waals surface area contributed by atoms with E-state index in [1.165, 1.54) is 0 Å². The number of hydrogen-bond acceptors (Lipinski definition) is 0. The minimum atomic E-state index is 0. The van der Waals surface area contributed by atoms with Crippen LogP contribution >= 0.6 is 0 Å². The van der Waals surface area contributed by atoms with E-state index in [0.29, 0.717) is 0 Å². The topological polar surface area (TPSA) is 0 Å². The first-order valence-electron chi connectivity index (χ1n) is 0. The van der Waals surface area contributed by atoms with Gasteiger partial charge in [0, 0.05) is 107 Å². The van der Waals surface area contributed by atoms with Crippen LogP contribution in [-0.4, -0.2) is 36.7 Å². The molecular weight excluding hydrogens is 531 g/mol. The molecule has 0 spiro atoms. The molecule has 0 rings (SSSR count). The molecule has 0 atom stereocenters. The molecule has 0 aliphatic rings. The predicted molar refractivity (Wildman–Crippen MR) is 31.2 cm³/mol. The van der Waals surface area contributed by atoms with Gasteiger partial charge in [-0.15, -0.1) is 0 Å². The summed E-state index contributed by atoms with van der Waals surface area (Å²) in [5, 5.41) is 0. The van der Waals surface area contributed by atoms with Gasteiger partial charge in [0.15, 0.2) is 17.4 Å². The summed E-state index contributed by atoms with van der Waals surface area (Å²) < 4.78 is 0. The molecule has 0 aromatic heterocycles. The zero-order valence-corrected chi connectivity index (χ0v) is 11.7. The minimum absolute atomic E-state index is 0. The van der Waals surface area contributed by atoms with Crippen LogP contribution in [0.3, 0.4) is 0 Å². The molecule has 0 N–H and O–H groups in total. The summed E-state index contributed by atoms with van der Waals surface area (Å²) >= 11 is 0. The molecule has 0 aliphatic heterocycles. The minimum Gasteiger partial charge on any atom is -0.0149 e. The van der Waals surface area contributed by atoms with E-state index in [1.54, 1.807) is 0 Å². The van der Waals surface area contributed by atoms with E-state index in [9.17, 15) is 0 Å². The summed E-state index contributed by atoms with van der Waals surface area (Å²) in [5.74, 6) is 0. The summed E-state index contributed by atoms with van der Waals surface area (Å²) in [6.45, 7) is 0. The summed E-state index contributed by atoms with van der Waals surface area (Å²) in [7, 11) is 0. The smallest absolute Gasteiger partial charge is 0.0149 e. The summed E-state index contributed by atoms with van der Waals surface area (Å²) in [6, 6.07) is 0. The van der Waals surface area contributed by atoms with Gasteiger partial charge in [0.1, 0.15) is 0 Å². The standard InChI is InChI=1S/Al.BH3.Ce.Nb.H4Si.Ti.W.3H/h;1H3;;;1H4;;;;;. The molecule has 7 heteroatoms. The van der Waals surface area contributed by atoms with Crippen LogP contribution in [0.1, 0.15) is 0 Å². The van der Waals surface area contributed by atoms with Gasteiger partial charge < -0.3 is 0 Å². The first-order valence-corrected chi connectivity index (χ1v) is 0. The SMILES string of the molecule is B.[AlH3].[Ce].[Nb].[SiH4].[Ti].[W]. The summed E-state index contributed by atoms with van der Waals surface area (Å²) in [6.07, 6.45) is 0. The van der Waals surface area contributed by atoms with E-state index in [-0.39, 0.29) is 144 Å². The molecule has 0 unspecified atom stereocenters. The third kappa shape index (κ3) is 38.2. The molecular formula is H10AlBCeNbSiTiW. The van der Waals surface area contributed by atoms with Gasteiger partial charge in [-0.2, -0.15) is 0 Å². The zero-order chi connectivity index (χ0) is 0. The van der Waals surface area contributed by atoms with Crippen LogP contribution in [0.15, 0.2) is 0 Å². The second kappa shape index (κ2) is 47.9. The van der Waals surface area contributed by atoms with Crippen LogP contribution in [0, 0.1) is 41.7 Å². The molecule has 7 heavy (non-hydrogen) atoms. The molecule has 39 valence electrons. The summed E-state index contributed by atoms with van der Waals surface area (Å²) in [5.41, 5.74) is 0. The van der Waals surface area contributed by atoms with Crippen LogP contribution < -0.4 is 0 Å². The van der Waals surface area contributed by atoms with Crippen LogP contribution in [-0.2, 0) is 65.2 Å². The van der Waals surface area contributed by atoms with Crippen molar-refractivity contribution in [3.05, 3.63) is 0 Å². The quantitative estimate of drug-likeness (QED) is 0.277. The van der Waals surface area contributed by atoms with E-state index in [0.717, 1.165) is 0 Å². The Morgan fingerprint density at radius 3 is 1.00 bits per heavy atom. The molecule has 0 heterocycles. The Hall–Kier alpha value is 4.33.